The van der Waals surface area contributed by atoms with Gasteiger partial charge in [0.15, 0.2) is 0 Å². The summed E-state index contributed by atoms with van der Waals surface area (Å²) in [6.45, 7) is 5.30. The van der Waals surface area contributed by atoms with Crippen molar-refractivity contribution in [1.29, 1.82) is 0 Å². The Bertz CT molecular complexity index is 946. The van der Waals surface area contributed by atoms with Crippen LogP contribution in [0.3, 0.4) is 0 Å². The lowest BCUT2D eigenvalue weighted by Crippen LogP contribution is -2.45. The molecule has 1 aromatic carbocycles. The van der Waals surface area contributed by atoms with Crippen molar-refractivity contribution in [2.75, 3.05) is 32.0 Å². The maximum atomic E-state index is 13.0. The number of thioether (sulfide) groups is 1. The third-order valence-electron chi connectivity index (χ3n) is 4.74. The van der Waals surface area contributed by atoms with E-state index in [4.69, 9.17) is 4.74 Å². The van der Waals surface area contributed by atoms with Crippen LogP contribution >= 0.6 is 11.8 Å². The zero-order valence-electron chi connectivity index (χ0n) is 17.1. The Morgan fingerprint density at radius 3 is 2.80 bits per heavy atom. The number of rotatable bonds is 9. The first-order valence-corrected chi connectivity index (χ1v) is 12.3. The van der Waals surface area contributed by atoms with Crippen LogP contribution in [-0.4, -0.2) is 65.8 Å². The fourth-order valence-corrected chi connectivity index (χ4v) is 5.47. The average molecular weight is 454 g/mol. The quantitative estimate of drug-likeness (QED) is 0.439. The number of hydrogen-bond acceptors (Lipinski definition) is 7. The second kappa shape index (κ2) is 10.3. The molecule has 9 nitrogen and oxygen atoms in total. The number of benzene rings is 1. The van der Waals surface area contributed by atoms with Crippen LogP contribution in [0.2, 0.25) is 0 Å². The maximum absolute atomic E-state index is 13.0. The lowest BCUT2D eigenvalue weighted by Gasteiger charge is -2.31. The van der Waals surface area contributed by atoms with E-state index in [1.165, 1.54) is 16.1 Å². The van der Waals surface area contributed by atoms with Crippen molar-refractivity contribution in [2.24, 2.45) is 5.92 Å². The van der Waals surface area contributed by atoms with Gasteiger partial charge in [-0.2, -0.15) is 4.31 Å². The van der Waals surface area contributed by atoms with E-state index in [0.717, 1.165) is 5.82 Å². The predicted octanol–water partition coefficient (Wildman–Crippen LogP) is 1.82. The van der Waals surface area contributed by atoms with Gasteiger partial charge in [-0.05, 0) is 51.0 Å². The van der Waals surface area contributed by atoms with E-state index in [0.29, 0.717) is 49.2 Å². The standard InChI is InChI=1S/C19H27N5O4S2/c1-3-28-16-6-8-17(9-7-16)30(26,27)24-11-4-5-15(13-24)18(25)20-10-12-29-19-21-14(2)22-23-19/h6-9,15H,3-5,10-13H2,1-2H3,(H,20,25)(H,21,22,23)/t15-/m1/s1. The molecular weight excluding hydrogens is 426 g/mol. The van der Waals surface area contributed by atoms with E-state index < -0.39 is 10.0 Å². The number of nitrogens with zero attached hydrogens (tertiary/aromatic N) is 3. The zero-order chi connectivity index (χ0) is 21.6. The van der Waals surface area contributed by atoms with E-state index in [9.17, 15) is 13.2 Å². The predicted molar refractivity (Wildman–Crippen MR) is 114 cm³/mol. The molecule has 0 unspecified atom stereocenters. The molecule has 0 radical (unpaired) electrons. The molecule has 1 fully saturated rings. The third-order valence-corrected chi connectivity index (χ3v) is 7.46. The SMILES string of the molecule is CCOc1ccc(S(=O)(=O)N2CCC[C@@H](C(=O)NCCSc3n[nH]c(C)n3)C2)cc1. The van der Waals surface area contributed by atoms with Gasteiger partial charge in [0.1, 0.15) is 11.6 Å². The lowest BCUT2D eigenvalue weighted by molar-refractivity contribution is -0.125. The first-order valence-electron chi connectivity index (χ1n) is 9.92. The summed E-state index contributed by atoms with van der Waals surface area (Å²) in [5, 5.41) is 10.4. The summed E-state index contributed by atoms with van der Waals surface area (Å²) in [6, 6.07) is 6.40. The van der Waals surface area contributed by atoms with Gasteiger partial charge in [-0.1, -0.05) is 11.8 Å². The number of aromatic amines is 1. The molecule has 2 heterocycles. The van der Waals surface area contributed by atoms with Crippen LogP contribution in [-0.2, 0) is 14.8 Å². The number of carbonyl (C=O) groups excluding carboxylic acids is 1. The smallest absolute Gasteiger partial charge is 0.243 e. The molecule has 3 rings (SSSR count). The molecule has 2 aromatic rings. The monoisotopic (exact) mass is 453 g/mol. The Hall–Kier alpha value is -2.11. The molecule has 0 spiro atoms. The lowest BCUT2D eigenvalue weighted by atomic mass is 9.99. The van der Waals surface area contributed by atoms with Crippen molar-refractivity contribution in [3.05, 3.63) is 30.1 Å². The molecule has 164 valence electrons. The van der Waals surface area contributed by atoms with Crippen molar-refractivity contribution in [3.8, 4) is 5.75 Å². The Labute approximate surface area is 181 Å². The van der Waals surface area contributed by atoms with E-state index in [-0.39, 0.29) is 23.3 Å². The number of carbonyl (C=O) groups is 1. The van der Waals surface area contributed by atoms with E-state index >= 15 is 0 Å². The van der Waals surface area contributed by atoms with Crippen molar-refractivity contribution in [3.63, 3.8) is 0 Å². The van der Waals surface area contributed by atoms with Gasteiger partial charge in [0.25, 0.3) is 0 Å². The molecule has 1 aromatic heterocycles. The highest BCUT2D eigenvalue weighted by atomic mass is 32.2. The summed E-state index contributed by atoms with van der Waals surface area (Å²) in [6.07, 6.45) is 1.33. The molecule has 11 heteroatoms. The van der Waals surface area contributed by atoms with Gasteiger partial charge in [-0.3, -0.25) is 9.89 Å². The molecule has 1 amide bonds. The third kappa shape index (κ3) is 5.73. The number of nitrogens with one attached hydrogen (secondary N) is 2. The molecule has 0 bridgehead atoms. The second-order valence-electron chi connectivity index (χ2n) is 6.95. The number of hydrogen-bond donors (Lipinski definition) is 2. The Morgan fingerprint density at radius 1 is 1.37 bits per heavy atom. The number of H-pyrrole nitrogens is 1. The van der Waals surface area contributed by atoms with E-state index in [1.54, 1.807) is 24.3 Å². The largest absolute Gasteiger partial charge is 0.494 e. The van der Waals surface area contributed by atoms with Gasteiger partial charge < -0.3 is 10.1 Å². The van der Waals surface area contributed by atoms with Crippen LogP contribution in [0.25, 0.3) is 0 Å². The van der Waals surface area contributed by atoms with Gasteiger partial charge in [0.2, 0.25) is 21.1 Å². The van der Waals surface area contributed by atoms with Crippen molar-refractivity contribution in [1.82, 2.24) is 24.8 Å². The van der Waals surface area contributed by atoms with Gasteiger partial charge in [-0.25, -0.2) is 13.4 Å². The van der Waals surface area contributed by atoms with E-state index in [1.807, 2.05) is 13.8 Å². The number of piperidine rings is 1. The van der Waals surface area contributed by atoms with Crippen LogP contribution in [0, 0.1) is 12.8 Å². The van der Waals surface area contributed by atoms with Gasteiger partial charge in [0.05, 0.1) is 17.4 Å². The normalized spacial score (nSPS) is 17.6. The summed E-state index contributed by atoms with van der Waals surface area (Å²) in [4.78, 5) is 17.0. The van der Waals surface area contributed by atoms with Crippen molar-refractivity contribution < 1.29 is 17.9 Å². The fraction of sp³-hybridized carbons (Fsp3) is 0.526. The zero-order valence-corrected chi connectivity index (χ0v) is 18.8. The minimum atomic E-state index is -3.65. The maximum Gasteiger partial charge on any atom is 0.243 e. The summed E-state index contributed by atoms with van der Waals surface area (Å²) >= 11 is 1.45. The molecule has 0 saturated carbocycles. The summed E-state index contributed by atoms with van der Waals surface area (Å²) in [5.41, 5.74) is 0. The fourth-order valence-electron chi connectivity index (χ4n) is 3.25. The number of sulfonamides is 1. The van der Waals surface area contributed by atoms with Gasteiger partial charge >= 0.3 is 0 Å². The molecule has 1 aliphatic heterocycles. The highest BCUT2D eigenvalue weighted by Crippen LogP contribution is 2.25. The average Bonchev–Trinajstić information content (AvgIpc) is 3.17. The number of amides is 1. The van der Waals surface area contributed by atoms with Crippen LogP contribution in [0.1, 0.15) is 25.6 Å². The summed E-state index contributed by atoms with van der Waals surface area (Å²) < 4.78 is 32.7. The highest BCUT2D eigenvalue weighted by molar-refractivity contribution is 7.99. The highest BCUT2D eigenvalue weighted by Gasteiger charge is 2.33. The number of aryl methyl sites for hydroxylation is 1. The van der Waals surface area contributed by atoms with Crippen molar-refractivity contribution >= 4 is 27.7 Å². The van der Waals surface area contributed by atoms with E-state index in [2.05, 4.69) is 20.5 Å². The molecular formula is C19H27N5O4S2. The first kappa shape index (κ1) is 22.6. The summed E-state index contributed by atoms with van der Waals surface area (Å²) in [7, 11) is -3.65. The molecule has 2 N–H and O–H groups in total. The Morgan fingerprint density at radius 2 is 2.13 bits per heavy atom. The van der Waals surface area contributed by atoms with Crippen molar-refractivity contribution in [2.45, 2.75) is 36.7 Å². The topological polar surface area (TPSA) is 117 Å². The number of ether oxygens (including phenoxy) is 1. The van der Waals surface area contributed by atoms with Crippen LogP contribution in [0.15, 0.2) is 34.3 Å². The number of aromatic nitrogens is 3. The minimum Gasteiger partial charge on any atom is -0.494 e. The van der Waals surface area contributed by atoms with Gasteiger partial charge in [-0.15, -0.1) is 5.10 Å². The Balaban J connectivity index is 1.52. The first-order chi connectivity index (χ1) is 14.4. The second-order valence-corrected chi connectivity index (χ2v) is 9.95. The molecule has 1 aliphatic rings. The molecule has 30 heavy (non-hydrogen) atoms. The van der Waals surface area contributed by atoms with Crippen LogP contribution in [0.4, 0.5) is 0 Å². The summed E-state index contributed by atoms with van der Waals surface area (Å²) in [5.74, 6) is 1.55. The van der Waals surface area contributed by atoms with Crippen LogP contribution < -0.4 is 10.1 Å². The minimum absolute atomic E-state index is 0.117. The molecule has 0 aliphatic carbocycles. The Kier molecular flexibility index (Phi) is 7.73. The molecule has 1 saturated heterocycles. The molecule has 1 atom stereocenters. The van der Waals surface area contributed by atoms with Gasteiger partial charge in [0, 0.05) is 25.4 Å². The van der Waals surface area contributed by atoms with Crippen LogP contribution in [0.5, 0.6) is 5.75 Å².